The predicted molar refractivity (Wildman–Crippen MR) is 106 cm³/mol. The molecule has 7 nitrogen and oxygen atoms in total. The van der Waals surface area contributed by atoms with Gasteiger partial charge in [0.1, 0.15) is 0 Å². The molecule has 4 aromatic rings. The summed E-state index contributed by atoms with van der Waals surface area (Å²) in [5.74, 6) is -0.378. The third-order valence-electron chi connectivity index (χ3n) is 4.49. The molecule has 0 radical (unpaired) electrons. The van der Waals surface area contributed by atoms with Crippen LogP contribution in [0.15, 0.2) is 71.7 Å². The van der Waals surface area contributed by atoms with Gasteiger partial charge in [0.2, 0.25) is 0 Å². The molecule has 7 heteroatoms. The molecule has 28 heavy (non-hydrogen) atoms. The molecule has 4 N–H and O–H groups in total. The zero-order valence-corrected chi connectivity index (χ0v) is 14.8. The van der Waals surface area contributed by atoms with Gasteiger partial charge in [-0.3, -0.25) is 9.78 Å². The highest BCUT2D eigenvalue weighted by atomic mass is 16.3. The molecule has 2 aromatic carbocycles. The minimum absolute atomic E-state index is 0.0607. The summed E-state index contributed by atoms with van der Waals surface area (Å²) in [6.07, 6.45) is 0.542. The molecule has 0 fully saturated rings. The second kappa shape index (κ2) is 7.50. The Morgan fingerprint density at radius 2 is 1.75 bits per heavy atom. The fraction of sp³-hybridized carbons (Fsp3) is 0.0952. The van der Waals surface area contributed by atoms with E-state index in [0.717, 1.165) is 11.1 Å². The van der Waals surface area contributed by atoms with E-state index < -0.39 is 6.10 Å². The topological polar surface area (TPSA) is 111 Å². The SMILES string of the molecule is O=C(NCC(O)c1ccc(-c2ccccc2)cc1)c1cnc2[nH]c(=O)[nH]c2c1. The fourth-order valence-electron chi connectivity index (χ4n) is 2.98. The van der Waals surface area contributed by atoms with Crippen molar-refractivity contribution in [1.29, 1.82) is 0 Å². The van der Waals surface area contributed by atoms with Gasteiger partial charge in [-0.15, -0.1) is 0 Å². The van der Waals surface area contributed by atoms with Crippen LogP contribution in [-0.4, -0.2) is 32.5 Å². The summed E-state index contributed by atoms with van der Waals surface area (Å²) in [6, 6.07) is 19.1. The number of aromatic amines is 2. The lowest BCUT2D eigenvalue weighted by Crippen LogP contribution is -2.28. The summed E-state index contributed by atoms with van der Waals surface area (Å²) in [4.78, 5) is 32.7. The molecule has 2 aromatic heterocycles. The zero-order chi connectivity index (χ0) is 19.5. The third-order valence-corrected chi connectivity index (χ3v) is 4.49. The van der Waals surface area contributed by atoms with Gasteiger partial charge in [0.25, 0.3) is 5.91 Å². The molecule has 0 saturated heterocycles. The molecule has 1 unspecified atom stereocenters. The van der Waals surface area contributed by atoms with Crippen molar-refractivity contribution in [2.24, 2.45) is 0 Å². The molecule has 0 aliphatic heterocycles. The minimum atomic E-state index is -0.836. The van der Waals surface area contributed by atoms with E-state index in [2.05, 4.69) is 20.3 Å². The van der Waals surface area contributed by atoms with Crippen molar-refractivity contribution < 1.29 is 9.90 Å². The molecular formula is C21H18N4O3. The number of aromatic nitrogens is 3. The van der Waals surface area contributed by atoms with Gasteiger partial charge < -0.3 is 15.4 Å². The number of H-pyrrole nitrogens is 2. The molecule has 0 bridgehead atoms. The summed E-state index contributed by atoms with van der Waals surface area (Å²) >= 11 is 0. The lowest BCUT2D eigenvalue weighted by molar-refractivity contribution is 0.0916. The van der Waals surface area contributed by atoms with Crippen LogP contribution >= 0.6 is 0 Å². The maximum atomic E-state index is 12.3. The average Bonchev–Trinajstić information content (AvgIpc) is 3.11. The first-order chi connectivity index (χ1) is 13.6. The standard InChI is InChI=1S/C21H18N4O3/c26-18(15-8-6-14(7-9-15)13-4-2-1-3-5-13)12-23-20(27)16-10-17-19(22-11-16)25-21(28)24-17/h1-11,18,26H,12H2,(H,23,27)(H2,22,24,25,28). The number of carbonyl (C=O) groups excluding carboxylic acids is 1. The van der Waals surface area contributed by atoms with Crippen molar-refractivity contribution in [2.45, 2.75) is 6.10 Å². The van der Waals surface area contributed by atoms with Gasteiger partial charge in [-0.1, -0.05) is 54.6 Å². The molecular weight excluding hydrogens is 356 g/mol. The molecule has 1 atom stereocenters. The number of nitrogens with one attached hydrogen (secondary N) is 3. The number of hydrogen-bond donors (Lipinski definition) is 4. The number of fused-ring (bicyclic) bond motifs is 1. The van der Waals surface area contributed by atoms with Crippen LogP contribution in [0.25, 0.3) is 22.3 Å². The molecule has 4 rings (SSSR count). The van der Waals surface area contributed by atoms with E-state index in [0.29, 0.717) is 22.3 Å². The van der Waals surface area contributed by atoms with Gasteiger partial charge in [-0.05, 0) is 22.8 Å². The van der Waals surface area contributed by atoms with Gasteiger partial charge in [0, 0.05) is 12.7 Å². The van der Waals surface area contributed by atoms with Crippen molar-refractivity contribution >= 4 is 17.1 Å². The molecule has 0 spiro atoms. The Balaban J connectivity index is 1.41. The lowest BCUT2D eigenvalue weighted by Gasteiger charge is -2.13. The van der Waals surface area contributed by atoms with Gasteiger partial charge in [0.15, 0.2) is 5.65 Å². The molecule has 0 saturated carbocycles. The van der Waals surface area contributed by atoms with Crippen molar-refractivity contribution in [3.63, 3.8) is 0 Å². The van der Waals surface area contributed by atoms with Gasteiger partial charge in [-0.2, -0.15) is 0 Å². The molecule has 0 aliphatic carbocycles. The molecule has 0 aliphatic rings. The number of benzene rings is 2. The van der Waals surface area contributed by atoms with Crippen molar-refractivity contribution in [3.05, 3.63) is 88.5 Å². The number of aliphatic hydroxyl groups excluding tert-OH is 1. The van der Waals surface area contributed by atoms with E-state index in [1.54, 1.807) is 0 Å². The number of carbonyl (C=O) groups is 1. The van der Waals surface area contributed by atoms with E-state index in [1.807, 2.05) is 54.6 Å². The Labute approximate surface area is 160 Å². The second-order valence-electron chi connectivity index (χ2n) is 6.41. The first-order valence-electron chi connectivity index (χ1n) is 8.80. The van der Waals surface area contributed by atoms with E-state index >= 15 is 0 Å². The van der Waals surface area contributed by atoms with Crippen LogP contribution in [0, 0.1) is 0 Å². The van der Waals surface area contributed by atoms with Crippen molar-refractivity contribution in [3.8, 4) is 11.1 Å². The van der Waals surface area contributed by atoms with Crippen LogP contribution < -0.4 is 11.0 Å². The molecule has 2 heterocycles. The number of nitrogens with zero attached hydrogens (tertiary/aromatic N) is 1. The van der Waals surface area contributed by atoms with Crippen LogP contribution in [0.1, 0.15) is 22.0 Å². The monoisotopic (exact) mass is 374 g/mol. The Hall–Kier alpha value is -3.71. The third kappa shape index (κ3) is 3.70. The highest BCUT2D eigenvalue weighted by molar-refractivity contribution is 5.96. The smallest absolute Gasteiger partial charge is 0.325 e. The van der Waals surface area contributed by atoms with E-state index in [9.17, 15) is 14.7 Å². The largest absolute Gasteiger partial charge is 0.387 e. The second-order valence-corrected chi connectivity index (χ2v) is 6.41. The highest BCUT2D eigenvalue weighted by Crippen LogP contribution is 2.21. The van der Waals surface area contributed by atoms with Crippen LogP contribution in [0.2, 0.25) is 0 Å². The Bertz CT molecular complexity index is 1160. The minimum Gasteiger partial charge on any atom is -0.387 e. The van der Waals surface area contributed by atoms with Gasteiger partial charge in [-0.25, -0.2) is 9.78 Å². The summed E-state index contributed by atoms with van der Waals surface area (Å²) in [7, 11) is 0. The number of rotatable bonds is 5. The van der Waals surface area contributed by atoms with E-state index in [1.165, 1.54) is 12.3 Å². The summed E-state index contributed by atoms with van der Waals surface area (Å²) in [6.45, 7) is 0.0607. The zero-order valence-electron chi connectivity index (χ0n) is 14.8. The lowest BCUT2D eigenvalue weighted by atomic mass is 10.0. The van der Waals surface area contributed by atoms with E-state index in [-0.39, 0.29) is 18.1 Å². The normalized spacial score (nSPS) is 12.0. The van der Waals surface area contributed by atoms with Crippen LogP contribution in [0.5, 0.6) is 0 Å². The maximum absolute atomic E-state index is 12.3. The van der Waals surface area contributed by atoms with Crippen LogP contribution in [0.4, 0.5) is 0 Å². The van der Waals surface area contributed by atoms with Crippen molar-refractivity contribution in [1.82, 2.24) is 20.3 Å². The first-order valence-corrected chi connectivity index (χ1v) is 8.80. The Morgan fingerprint density at radius 1 is 1.04 bits per heavy atom. The maximum Gasteiger partial charge on any atom is 0.325 e. The summed E-state index contributed by atoms with van der Waals surface area (Å²) in [5, 5.41) is 13.1. The molecule has 140 valence electrons. The quantitative estimate of drug-likeness (QED) is 0.430. The number of amides is 1. The summed E-state index contributed by atoms with van der Waals surface area (Å²) < 4.78 is 0. The number of aliphatic hydroxyl groups is 1. The Morgan fingerprint density at radius 3 is 2.50 bits per heavy atom. The fourth-order valence-corrected chi connectivity index (χ4v) is 2.98. The first kappa shape index (κ1) is 17.7. The number of pyridine rings is 1. The number of imidazole rings is 1. The predicted octanol–water partition coefficient (Wildman–Crippen LogP) is 2.38. The molecule has 1 amide bonds. The van der Waals surface area contributed by atoms with Gasteiger partial charge in [0.05, 0.1) is 17.2 Å². The van der Waals surface area contributed by atoms with E-state index in [4.69, 9.17) is 0 Å². The highest BCUT2D eigenvalue weighted by Gasteiger charge is 2.13. The van der Waals surface area contributed by atoms with Crippen LogP contribution in [0.3, 0.4) is 0 Å². The summed E-state index contributed by atoms with van der Waals surface area (Å²) in [5.41, 5.74) is 3.63. The van der Waals surface area contributed by atoms with Gasteiger partial charge >= 0.3 is 5.69 Å². The number of hydrogen-bond acceptors (Lipinski definition) is 4. The average molecular weight is 374 g/mol. The van der Waals surface area contributed by atoms with Crippen molar-refractivity contribution in [2.75, 3.05) is 6.54 Å². The Kier molecular flexibility index (Phi) is 4.74. The van der Waals surface area contributed by atoms with Crippen LogP contribution in [-0.2, 0) is 0 Å².